The van der Waals surface area contributed by atoms with Gasteiger partial charge in [-0.15, -0.1) is 0 Å². The van der Waals surface area contributed by atoms with Crippen LogP contribution in [0.2, 0.25) is 5.15 Å². The Morgan fingerprint density at radius 3 is 2.63 bits per heavy atom. The van der Waals surface area contributed by atoms with Gasteiger partial charge in [-0.25, -0.2) is 9.97 Å². The second-order valence-corrected chi connectivity index (χ2v) is 4.89. The summed E-state index contributed by atoms with van der Waals surface area (Å²) >= 11 is 6.17. The molecule has 0 saturated heterocycles. The zero-order valence-electron chi connectivity index (χ0n) is 10.7. The largest absolute Gasteiger partial charge is 0.381 e. The molecule has 0 saturated carbocycles. The lowest BCUT2D eigenvalue weighted by Gasteiger charge is -2.09. The lowest BCUT2D eigenvalue weighted by atomic mass is 10.1. The number of fused-ring (bicyclic) bond motifs is 1. The number of rotatable bonds is 1. The molecular formula is C14H13ClN4. The zero-order chi connectivity index (χ0) is 13.6. The van der Waals surface area contributed by atoms with E-state index in [1.807, 2.05) is 44.3 Å². The highest BCUT2D eigenvalue weighted by Gasteiger charge is 2.15. The molecule has 0 aliphatic carbocycles. The summed E-state index contributed by atoms with van der Waals surface area (Å²) in [5, 5.41) is 0.396. The van der Waals surface area contributed by atoms with Gasteiger partial charge in [0.25, 0.3) is 0 Å². The number of hydrogen-bond donors (Lipinski definition) is 1. The average Bonchev–Trinajstić information content (AvgIpc) is 2.77. The molecule has 2 N–H and O–H groups in total. The van der Waals surface area contributed by atoms with Gasteiger partial charge in [0.1, 0.15) is 5.69 Å². The summed E-state index contributed by atoms with van der Waals surface area (Å²) < 4.78 is 1.78. The summed E-state index contributed by atoms with van der Waals surface area (Å²) in [6.45, 7) is 3.95. The minimum Gasteiger partial charge on any atom is -0.381 e. The van der Waals surface area contributed by atoms with Crippen LogP contribution >= 0.6 is 11.6 Å². The molecule has 0 atom stereocenters. The fourth-order valence-electron chi connectivity index (χ4n) is 2.17. The number of hydrogen-bond acceptors (Lipinski definition) is 3. The zero-order valence-corrected chi connectivity index (χ0v) is 11.4. The Morgan fingerprint density at radius 2 is 1.89 bits per heavy atom. The first-order chi connectivity index (χ1) is 9.08. The van der Waals surface area contributed by atoms with Crippen LogP contribution in [0.4, 0.5) is 5.82 Å². The van der Waals surface area contributed by atoms with Crippen molar-refractivity contribution in [2.24, 2.45) is 0 Å². The van der Waals surface area contributed by atoms with Crippen molar-refractivity contribution in [1.82, 2.24) is 14.4 Å². The van der Waals surface area contributed by atoms with Crippen molar-refractivity contribution in [2.45, 2.75) is 13.8 Å². The number of halogens is 1. The fraction of sp³-hybridized carbons (Fsp3) is 0.143. The van der Waals surface area contributed by atoms with Crippen LogP contribution in [0.3, 0.4) is 0 Å². The van der Waals surface area contributed by atoms with Crippen molar-refractivity contribution in [3.63, 3.8) is 0 Å². The number of imidazole rings is 1. The summed E-state index contributed by atoms with van der Waals surface area (Å²) in [7, 11) is 0. The standard InChI is InChI=1S/C14H13ClN4/c1-8-5-3-4-6-10(8)11-14-17-9(2)7-19(14)12(15)13(16)18-11/h3-7H,16H2,1-2H3. The van der Waals surface area contributed by atoms with E-state index in [0.717, 1.165) is 28.2 Å². The molecule has 0 spiro atoms. The van der Waals surface area contributed by atoms with Gasteiger partial charge < -0.3 is 5.73 Å². The molecule has 0 fully saturated rings. The third-order valence-corrected chi connectivity index (χ3v) is 3.47. The molecule has 3 aromatic rings. The third-order valence-electron chi connectivity index (χ3n) is 3.09. The third kappa shape index (κ3) is 1.85. The molecule has 1 aromatic carbocycles. The van der Waals surface area contributed by atoms with Gasteiger partial charge in [-0.1, -0.05) is 35.9 Å². The normalized spacial score (nSPS) is 11.1. The van der Waals surface area contributed by atoms with Gasteiger partial charge >= 0.3 is 0 Å². The molecule has 0 unspecified atom stereocenters. The molecule has 0 aliphatic rings. The smallest absolute Gasteiger partial charge is 0.165 e. The molecule has 0 amide bonds. The number of aryl methyl sites for hydroxylation is 2. The molecule has 0 bridgehead atoms. The molecule has 0 radical (unpaired) electrons. The molecule has 4 nitrogen and oxygen atoms in total. The van der Waals surface area contributed by atoms with Gasteiger partial charge in [0.05, 0.1) is 5.69 Å². The van der Waals surface area contributed by atoms with Crippen LogP contribution in [0, 0.1) is 13.8 Å². The number of nitrogen functional groups attached to an aromatic ring is 1. The van der Waals surface area contributed by atoms with Gasteiger partial charge in [0.15, 0.2) is 16.6 Å². The van der Waals surface area contributed by atoms with Gasteiger partial charge in [-0.05, 0) is 19.4 Å². The monoisotopic (exact) mass is 272 g/mol. The lowest BCUT2D eigenvalue weighted by molar-refractivity contribution is 1.14. The highest BCUT2D eigenvalue weighted by atomic mass is 35.5. The average molecular weight is 273 g/mol. The van der Waals surface area contributed by atoms with Crippen molar-refractivity contribution in [3.8, 4) is 11.3 Å². The first-order valence-corrected chi connectivity index (χ1v) is 6.32. The maximum Gasteiger partial charge on any atom is 0.165 e. The first-order valence-electron chi connectivity index (χ1n) is 5.94. The van der Waals surface area contributed by atoms with Crippen LogP contribution in [0.25, 0.3) is 16.9 Å². The summed E-state index contributed by atoms with van der Waals surface area (Å²) in [6.07, 6.45) is 1.86. The number of nitrogens with zero attached hydrogens (tertiary/aromatic N) is 3. The molecule has 3 rings (SSSR count). The van der Waals surface area contributed by atoms with Crippen LogP contribution in [-0.2, 0) is 0 Å². The number of nitrogens with two attached hydrogens (primary N) is 1. The molecule has 19 heavy (non-hydrogen) atoms. The topological polar surface area (TPSA) is 56.2 Å². The van der Waals surface area contributed by atoms with Crippen LogP contribution in [0.5, 0.6) is 0 Å². The minimum absolute atomic E-state index is 0.310. The summed E-state index contributed by atoms with van der Waals surface area (Å²) in [4.78, 5) is 8.90. The maximum atomic E-state index is 6.17. The molecule has 2 heterocycles. The number of anilines is 1. The second-order valence-electron chi connectivity index (χ2n) is 4.53. The van der Waals surface area contributed by atoms with Gasteiger partial charge in [0, 0.05) is 11.8 Å². The van der Waals surface area contributed by atoms with E-state index in [9.17, 15) is 0 Å². The van der Waals surface area contributed by atoms with E-state index >= 15 is 0 Å². The first kappa shape index (κ1) is 12.0. The molecule has 0 aliphatic heterocycles. The van der Waals surface area contributed by atoms with Crippen LogP contribution in [0.1, 0.15) is 11.3 Å². The SMILES string of the molecule is Cc1cn2c(Cl)c(N)nc(-c3ccccc3C)c2n1. The number of benzene rings is 1. The Kier molecular flexibility index (Phi) is 2.68. The lowest BCUT2D eigenvalue weighted by Crippen LogP contribution is -2.01. The highest BCUT2D eigenvalue weighted by Crippen LogP contribution is 2.29. The molecular weight excluding hydrogens is 260 g/mol. The molecule has 5 heteroatoms. The van der Waals surface area contributed by atoms with Gasteiger partial charge in [0.2, 0.25) is 0 Å². The Balaban J connectivity index is 2.42. The van der Waals surface area contributed by atoms with E-state index in [-0.39, 0.29) is 0 Å². The van der Waals surface area contributed by atoms with Gasteiger partial charge in [-0.3, -0.25) is 4.40 Å². The Bertz CT molecular complexity index is 776. The molecule has 2 aromatic heterocycles. The minimum atomic E-state index is 0.310. The Hall–Kier alpha value is -2.07. The number of aromatic nitrogens is 3. The quantitative estimate of drug-likeness (QED) is 0.740. The van der Waals surface area contributed by atoms with Crippen molar-refractivity contribution < 1.29 is 0 Å². The van der Waals surface area contributed by atoms with E-state index in [1.54, 1.807) is 4.40 Å². The second kappa shape index (κ2) is 4.24. The predicted molar refractivity (Wildman–Crippen MR) is 77.3 cm³/mol. The Labute approximate surface area is 115 Å². The maximum absolute atomic E-state index is 6.17. The van der Waals surface area contributed by atoms with E-state index in [1.165, 1.54) is 0 Å². The summed E-state index contributed by atoms with van der Waals surface area (Å²) in [6, 6.07) is 8.01. The predicted octanol–water partition coefficient (Wildman–Crippen LogP) is 3.25. The van der Waals surface area contributed by atoms with E-state index in [4.69, 9.17) is 17.3 Å². The van der Waals surface area contributed by atoms with Crippen molar-refractivity contribution in [1.29, 1.82) is 0 Å². The van der Waals surface area contributed by atoms with Crippen molar-refractivity contribution in [3.05, 3.63) is 46.9 Å². The van der Waals surface area contributed by atoms with Crippen LogP contribution < -0.4 is 5.73 Å². The van der Waals surface area contributed by atoms with E-state index in [2.05, 4.69) is 9.97 Å². The van der Waals surface area contributed by atoms with E-state index in [0.29, 0.717) is 11.0 Å². The highest BCUT2D eigenvalue weighted by molar-refractivity contribution is 6.32. The summed E-state index contributed by atoms with van der Waals surface area (Å²) in [5.74, 6) is 0.310. The fourth-order valence-corrected chi connectivity index (χ4v) is 2.34. The summed E-state index contributed by atoms with van der Waals surface area (Å²) in [5.41, 5.74) is 10.4. The van der Waals surface area contributed by atoms with Gasteiger partial charge in [-0.2, -0.15) is 0 Å². The van der Waals surface area contributed by atoms with Crippen LogP contribution in [0.15, 0.2) is 30.5 Å². The van der Waals surface area contributed by atoms with Crippen molar-refractivity contribution >= 4 is 23.1 Å². The van der Waals surface area contributed by atoms with Crippen molar-refractivity contribution in [2.75, 3.05) is 5.73 Å². The molecule has 96 valence electrons. The van der Waals surface area contributed by atoms with Crippen LogP contribution in [-0.4, -0.2) is 14.4 Å². The van der Waals surface area contributed by atoms with E-state index < -0.39 is 0 Å². The Morgan fingerprint density at radius 1 is 1.16 bits per heavy atom.